The maximum Gasteiger partial charge on any atom is 0.307 e. The van der Waals surface area contributed by atoms with Crippen LogP contribution in [0.2, 0.25) is 0 Å². The number of nitriles is 1. The maximum absolute atomic E-state index is 12.6. The summed E-state index contributed by atoms with van der Waals surface area (Å²) in [6.45, 7) is 3.14. The van der Waals surface area contributed by atoms with Crippen molar-refractivity contribution in [1.82, 2.24) is 4.90 Å². The van der Waals surface area contributed by atoms with Crippen molar-refractivity contribution in [3.05, 3.63) is 0 Å². The summed E-state index contributed by atoms with van der Waals surface area (Å²) in [5.41, 5.74) is 0. The van der Waals surface area contributed by atoms with E-state index >= 15 is 0 Å². The predicted octanol–water partition coefficient (Wildman–Crippen LogP) is 1.51. The monoisotopic (exact) mass is 296 g/mol. The molecule has 0 spiro atoms. The molecule has 1 rings (SSSR count). The molecule has 0 aromatic rings. The molecular weight excluding hydrogens is 272 g/mol. The van der Waals surface area contributed by atoms with Gasteiger partial charge in [-0.25, -0.2) is 0 Å². The highest BCUT2D eigenvalue weighted by Gasteiger charge is 2.43. The quantitative estimate of drug-likeness (QED) is 0.733. The van der Waals surface area contributed by atoms with E-state index in [4.69, 9.17) is 10.00 Å². The summed E-state index contributed by atoms with van der Waals surface area (Å²) in [7, 11) is 1.55. The molecule has 0 saturated heterocycles. The van der Waals surface area contributed by atoms with E-state index in [1.807, 2.05) is 13.0 Å². The van der Waals surface area contributed by atoms with Crippen molar-refractivity contribution in [3.63, 3.8) is 0 Å². The first-order valence-corrected chi connectivity index (χ1v) is 7.42. The molecule has 6 heteroatoms. The number of amides is 1. The molecule has 0 aliphatic heterocycles. The van der Waals surface area contributed by atoms with Gasteiger partial charge in [0, 0.05) is 20.2 Å². The largest absolute Gasteiger partial charge is 0.481 e. The van der Waals surface area contributed by atoms with Gasteiger partial charge in [0.1, 0.15) is 0 Å². The zero-order valence-electron chi connectivity index (χ0n) is 12.7. The number of carbonyl (C=O) groups excluding carboxylic acids is 1. The normalized spacial score (nSPS) is 24.5. The fourth-order valence-electron chi connectivity index (χ4n) is 2.98. The lowest BCUT2D eigenvalue weighted by Crippen LogP contribution is -2.41. The molecule has 0 aromatic carbocycles. The van der Waals surface area contributed by atoms with Gasteiger partial charge in [-0.15, -0.1) is 0 Å². The summed E-state index contributed by atoms with van der Waals surface area (Å²) in [4.78, 5) is 25.6. The number of ether oxygens (including phenoxy) is 1. The van der Waals surface area contributed by atoms with Crippen molar-refractivity contribution in [3.8, 4) is 6.07 Å². The lowest BCUT2D eigenvalue weighted by atomic mass is 9.94. The van der Waals surface area contributed by atoms with Gasteiger partial charge in [0.15, 0.2) is 0 Å². The third kappa shape index (κ3) is 4.71. The van der Waals surface area contributed by atoms with E-state index < -0.39 is 17.8 Å². The maximum atomic E-state index is 12.6. The molecule has 0 aromatic heterocycles. The Kier molecular flexibility index (Phi) is 7.17. The Bertz CT molecular complexity index is 405. The number of aliphatic carboxylic acids is 1. The number of carboxylic acids is 1. The van der Waals surface area contributed by atoms with Gasteiger partial charge in [0.25, 0.3) is 0 Å². The molecule has 0 bridgehead atoms. The topological polar surface area (TPSA) is 90.6 Å². The van der Waals surface area contributed by atoms with Gasteiger partial charge in [0.05, 0.1) is 30.9 Å². The number of nitrogens with zero attached hydrogens (tertiary/aromatic N) is 2. The van der Waals surface area contributed by atoms with Crippen LogP contribution in [0.5, 0.6) is 0 Å². The van der Waals surface area contributed by atoms with Crippen LogP contribution < -0.4 is 0 Å². The summed E-state index contributed by atoms with van der Waals surface area (Å²) in [6.07, 6.45) is 2.34. The molecule has 118 valence electrons. The molecule has 1 saturated carbocycles. The van der Waals surface area contributed by atoms with Gasteiger partial charge >= 0.3 is 5.97 Å². The molecule has 0 heterocycles. The molecule has 6 nitrogen and oxygen atoms in total. The number of rotatable bonds is 8. The number of hydrogen-bond donors (Lipinski definition) is 1. The fraction of sp³-hybridized carbons (Fsp3) is 0.800. The van der Waals surface area contributed by atoms with E-state index in [0.29, 0.717) is 38.5 Å². The van der Waals surface area contributed by atoms with Crippen LogP contribution in [-0.2, 0) is 14.3 Å². The second kappa shape index (κ2) is 8.63. The zero-order chi connectivity index (χ0) is 15.8. The van der Waals surface area contributed by atoms with Gasteiger partial charge in [0.2, 0.25) is 5.91 Å². The zero-order valence-corrected chi connectivity index (χ0v) is 12.7. The Morgan fingerprint density at radius 3 is 2.52 bits per heavy atom. The first kappa shape index (κ1) is 17.4. The lowest BCUT2D eigenvalue weighted by molar-refractivity contribution is -0.149. The van der Waals surface area contributed by atoms with E-state index in [9.17, 15) is 14.7 Å². The van der Waals surface area contributed by atoms with Gasteiger partial charge in [-0.05, 0) is 18.8 Å². The van der Waals surface area contributed by atoms with Crippen LogP contribution in [0.15, 0.2) is 0 Å². The minimum absolute atomic E-state index is 0.148. The highest BCUT2D eigenvalue weighted by molar-refractivity contribution is 5.85. The fourth-order valence-corrected chi connectivity index (χ4v) is 2.98. The molecule has 1 amide bonds. The molecule has 1 aliphatic carbocycles. The predicted molar refractivity (Wildman–Crippen MR) is 76.3 cm³/mol. The number of carboxylic acid groups (broad SMARTS) is 1. The number of hydrogen-bond acceptors (Lipinski definition) is 4. The van der Waals surface area contributed by atoms with E-state index in [-0.39, 0.29) is 12.3 Å². The number of carbonyl (C=O) groups is 2. The van der Waals surface area contributed by atoms with Gasteiger partial charge in [-0.2, -0.15) is 5.26 Å². The van der Waals surface area contributed by atoms with Crippen molar-refractivity contribution >= 4 is 11.9 Å². The van der Waals surface area contributed by atoms with Crippen LogP contribution in [0.3, 0.4) is 0 Å². The number of methoxy groups -OCH3 is 1. The van der Waals surface area contributed by atoms with Crippen LogP contribution in [0.25, 0.3) is 0 Å². The van der Waals surface area contributed by atoms with Crippen molar-refractivity contribution < 1.29 is 19.4 Å². The average Bonchev–Trinajstić information content (AvgIpc) is 2.91. The summed E-state index contributed by atoms with van der Waals surface area (Å²) in [5, 5.41) is 18.0. The highest BCUT2D eigenvalue weighted by atomic mass is 16.5. The Hall–Kier alpha value is -1.61. The molecular formula is C15H24N2O4. The van der Waals surface area contributed by atoms with Gasteiger partial charge < -0.3 is 14.7 Å². The van der Waals surface area contributed by atoms with Crippen molar-refractivity contribution in [2.24, 2.45) is 17.8 Å². The van der Waals surface area contributed by atoms with Crippen LogP contribution in [-0.4, -0.2) is 48.7 Å². The Morgan fingerprint density at radius 2 is 2.00 bits per heavy atom. The molecule has 1 N–H and O–H groups in total. The molecule has 21 heavy (non-hydrogen) atoms. The first-order chi connectivity index (χ1) is 10.0. The van der Waals surface area contributed by atoms with Crippen LogP contribution in [0, 0.1) is 29.1 Å². The smallest absolute Gasteiger partial charge is 0.307 e. The highest BCUT2D eigenvalue weighted by Crippen LogP contribution is 2.39. The van der Waals surface area contributed by atoms with Crippen LogP contribution >= 0.6 is 0 Å². The van der Waals surface area contributed by atoms with Gasteiger partial charge in [-0.3, -0.25) is 9.59 Å². The summed E-state index contributed by atoms with van der Waals surface area (Å²) >= 11 is 0. The van der Waals surface area contributed by atoms with Crippen LogP contribution in [0.1, 0.15) is 32.6 Å². The minimum Gasteiger partial charge on any atom is -0.481 e. The second-order valence-electron chi connectivity index (χ2n) is 5.52. The van der Waals surface area contributed by atoms with E-state index in [2.05, 4.69) is 0 Å². The lowest BCUT2D eigenvalue weighted by Gasteiger charge is -2.26. The Balaban J connectivity index is 2.79. The van der Waals surface area contributed by atoms with Crippen molar-refractivity contribution in [1.29, 1.82) is 5.26 Å². The second-order valence-corrected chi connectivity index (χ2v) is 5.52. The standard InChI is InChI=1S/C15H24N2O4/c1-3-11-9-12(13(10-11)15(19)20)14(18)17(6-4-5-16)7-8-21-2/h11-13H,3-4,6-10H2,1-2H3,(H,19,20)/t11?,12-,13+/m0/s1. The summed E-state index contributed by atoms with van der Waals surface area (Å²) in [6, 6.07) is 2.02. The van der Waals surface area contributed by atoms with Crippen molar-refractivity contribution in [2.45, 2.75) is 32.6 Å². The Morgan fingerprint density at radius 1 is 1.33 bits per heavy atom. The summed E-state index contributed by atoms with van der Waals surface area (Å²) in [5.74, 6) is -1.82. The first-order valence-electron chi connectivity index (χ1n) is 7.42. The molecule has 1 unspecified atom stereocenters. The third-order valence-corrected chi connectivity index (χ3v) is 4.24. The molecule has 3 atom stereocenters. The minimum atomic E-state index is -0.892. The SMILES string of the molecule is CCC1C[C@H](C(=O)N(CCC#N)CCOC)[C@H](C(=O)O)C1. The summed E-state index contributed by atoms with van der Waals surface area (Å²) < 4.78 is 4.99. The van der Waals surface area contributed by atoms with E-state index in [1.165, 1.54) is 0 Å². The Labute approximate surface area is 125 Å². The molecule has 0 radical (unpaired) electrons. The average molecular weight is 296 g/mol. The van der Waals surface area contributed by atoms with E-state index in [0.717, 1.165) is 6.42 Å². The molecule has 1 aliphatic rings. The van der Waals surface area contributed by atoms with E-state index in [1.54, 1.807) is 12.0 Å². The van der Waals surface area contributed by atoms with Gasteiger partial charge in [-0.1, -0.05) is 13.3 Å². The van der Waals surface area contributed by atoms with Crippen LogP contribution in [0.4, 0.5) is 0 Å². The third-order valence-electron chi connectivity index (χ3n) is 4.24. The molecule has 1 fully saturated rings. The van der Waals surface area contributed by atoms with Crippen molar-refractivity contribution in [2.75, 3.05) is 26.8 Å².